The smallest absolute Gasteiger partial charge is 0.306 e. The zero-order chi connectivity index (χ0) is 12.3. The van der Waals surface area contributed by atoms with Gasteiger partial charge < -0.3 is 15.9 Å². The minimum atomic E-state index is -1.02. The quantitative estimate of drug-likeness (QED) is 0.563. The van der Waals surface area contributed by atoms with Crippen molar-refractivity contribution >= 4 is 11.9 Å². The van der Waals surface area contributed by atoms with Gasteiger partial charge in [-0.2, -0.15) is 0 Å². The number of nitrogens with two attached hydrogens (primary N) is 1. The predicted octanol–water partition coefficient (Wildman–Crippen LogP) is -0.981. The molecule has 6 heteroatoms. The van der Waals surface area contributed by atoms with Gasteiger partial charge >= 0.3 is 5.97 Å². The Morgan fingerprint density at radius 2 is 2.19 bits per heavy atom. The van der Waals surface area contributed by atoms with E-state index in [-0.39, 0.29) is 18.9 Å². The summed E-state index contributed by atoms with van der Waals surface area (Å²) in [5.74, 6) is -1.37. The Morgan fingerprint density at radius 3 is 2.62 bits per heavy atom. The molecule has 1 aliphatic rings. The summed E-state index contributed by atoms with van der Waals surface area (Å²) in [4.78, 5) is 23.4. The number of β-amino-alcohol motifs (C(OH)–C–C–N with tert-alkyl or cyclic N) is 1. The number of primary amides is 1. The lowest BCUT2D eigenvalue weighted by Gasteiger charge is -2.22. The molecular formula is C10H18N2O4. The Labute approximate surface area is 94.0 Å². The number of carboxylic acid groups (broad SMARTS) is 1. The van der Waals surface area contributed by atoms with Crippen LogP contribution in [0.4, 0.5) is 0 Å². The van der Waals surface area contributed by atoms with Crippen LogP contribution in [0.25, 0.3) is 0 Å². The molecule has 6 nitrogen and oxygen atoms in total. The van der Waals surface area contributed by atoms with Crippen molar-refractivity contribution < 1.29 is 19.8 Å². The molecule has 1 amide bonds. The second-order valence-electron chi connectivity index (χ2n) is 4.66. The van der Waals surface area contributed by atoms with E-state index >= 15 is 0 Å². The van der Waals surface area contributed by atoms with E-state index in [1.165, 1.54) is 0 Å². The molecule has 92 valence electrons. The molecule has 0 aromatic heterocycles. The van der Waals surface area contributed by atoms with Crippen molar-refractivity contribution in [2.45, 2.75) is 25.9 Å². The standard InChI is InChI=1S/C10H18N2O4/c1-10(9(11)16)2-3-12(6-10)5-7(13)4-8(14)15/h7,13H,2-6H2,1H3,(H2,11,16)(H,14,15). The molecule has 1 saturated heterocycles. The minimum Gasteiger partial charge on any atom is -0.481 e. The molecule has 16 heavy (non-hydrogen) atoms. The molecule has 0 saturated carbocycles. The van der Waals surface area contributed by atoms with Crippen LogP contribution in [0.2, 0.25) is 0 Å². The number of carboxylic acids is 1. The van der Waals surface area contributed by atoms with Crippen LogP contribution in [0.1, 0.15) is 19.8 Å². The highest BCUT2D eigenvalue weighted by Gasteiger charge is 2.39. The van der Waals surface area contributed by atoms with Crippen LogP contribution in [0.15, 0.2) is 0 Å². The lowest BCUT2D eigenvalue weighted by molar-refractivity contribution is -0.139. The van der Waals surface area contributed by atoms with E-state index in [2.05, 4.69) is 0 Å². The largest absolute Gasteiger partial charge is 0.481 e. The molecule has 2 unspecified atom stereocenters. The normalized spacial score (nSPS) is 27.9. The van der Waals surface area contributed by atoms with Gasteiger partial charge in [-0.05, 0) is 19.9 Å². The van der Waals surface area contributed by atoms with Gasteiger partial charge in [-0.25, -0.2) is 0 Å². The second kappa shape index (κ2) is 4.80. The SMILES string of the molecule is CC1(C(N)=O)CCN(CC(O)CC(=O)O)C1. The van der Waals surface area contributed by atoms with Crippen LogP contribution >= 0.6 is 0 Å². The maximum Gasteiger partial charge on any atom is 0.306 e. The average molecular weight is 230 g/mol. The minimum absolute atomic E-state index is 0.273. The van der Waals surface area contributed by atoms with Crippen molar-refractivity contribution in [1.29, 1.82) is 0 Å². The average Bonchev–Trinajstić information content (AvgIpc) is 2.47. The van der Waals surface area contributed by atoms with Crippen LogP contribution in [-0.2, 0) is 9.59 Å². The molecule has 0 aliphatic carbocycles. The summed E-state index contributed by atoms with van der Waals surface area (Å²) in [5, 5.41) is 17.9. The Kier molecular flexibility index (Phi) is 3.88. The van der Waals surface area contributed by atoms with E-state index in [1.54, 1.807) is 6.92 Å². The molecule has 0 spiro atoms. The molecule has 1 heterocycles. The van der Waals surface area contributed by atoms with Crippen molar-refractivity contribution in [3.63, 3.8) is 0 Å². The van der Waals surface area contributed by atoms with Gasteiger partial charge in [0.25, 0.3) is 0 Å². The van der Waals surface area contributed by atoms with Gasteiger partial charge in [0.05, 0.1) is 17.9 Å². The van der Waals surface area contributed by atoms with Crippen LogP contribution in [0, 0.1) is 5.41 Å². The van der Waals surface area contributed by atoms with Gasteiger partial charge in [-0.1, -0.05) is 0 Å². The molecule has 0 bridgehead atoms. The van der Waals surface area contributed by atoms with Crippen LogP contribution < -0.4 is 5.73 Å². The highest BCUT2D eigenvalue weighted by Crippen LogP contribution is 2.29. The lowest BCUT2D eigenvalue weighted by atomic mass is 9.89. The number of aliphatic carboxylic acids is 1. The number of nitrogens with zero attached hydrogens (tertiary/aromatic N) is 1. The maximum absolute atomic E-state index is 11.2. The van der Waals surface area contributed by atoms with Gasteiger partial charge in [-0.15, -0.1) is 0 Å². The Hall–Kier alpha value is -1.14. The third kappa shape index (κ3) is 3.18. The zero-order valence-corrected chi connectivity index (χ0v) is 9.35. The Morgan fingerprint density at radius 1 is 1.56 bits per heavy atom. The highest BCUT2D eigenvalue weighted by molar-refractivity contribution is 5.81. The molecule has 1 rings (SSSR count). The monoisotopic (exact) mass is 230 g/mol. The van der Waals surface area contributed by atoms with Gasteiger partial charge in [0, 0.05) is 13.1 Å². The second-order valence-corrected chi connectivity index (χ2v) is 4.66. The number of aliphatic hydroxyl groups is 1. The molecule has 4 N–H and O–H groups in total. The van der Waals surface area contributed by atoms with Crippen molar-refractivity contribution in [3.05, 3.63) is 0 Å². The molecule has 0 radical (unpaired) electrons. The fourth-order valence-electron chi connectivity index (χ4n) is 1.98. The lowest BCUT2D eigenvalue weighted by Crippen LogP contribution is -2.39. The Balaban J connectivity index is 2.42. The van der Waals surface area contributed by atoms with E-state index in [9.17, 15) is 14.7 Å². The van der Waals surface area contributed by atoms with Crippen molar-refractivity contribution in [2.75, 3.05) is 19.6 Å². The molecule has 1 fully saturated rings. The van der Waals surface area contributed by atoms with E-state index in [4.69, 9.17) is 10.8 Å². The predicted molar refractivity (Wildman–Crippen MR) is 56.6 cm³/mol. The first-order valence-electron chi connectivity index (χ1n) is 5.25. The Bertz CT molecular complexity index is 295. The van der Waals surface area contributed by atoms with Crippen LogP contribution in [0.5, 0.6) is 0 Å². The number of aliphatic hydroxyl groups excluding tert-OH is 1. The summed E-state index contributed by atoms with van der Waals surface area (Å²) in [6.45, 7) is 3.21. The van der Waals surface area contributed by atoms with Gasteiger partial charge in [0.1, 0.15) is 0 Å². The fourth-order valence-corrected chi connectivity index (χ4v) is 1.98. The van der Waals surface area contributed by atoms with Gasteiger partial charge in [-0.3, -0.25) is 14.5 Å². The number of rotatable bonds is 5. The molecule has 1 aliphatic heterocycles. The summed E-state index contributed by atoms with van der Waals surface area (Å²) >= 11 is 0. The van der Waals surface area contributed by atoms with Crippen LogP contribution in [-0.4, -0.2) is 52.7 Å². The number of likely N-dealkylation sites (tertiary alicyclic amines) is 1. The van der Waals surface area contributed by atoms with Crippen LogP contribution in [0.3, 0.4) is 0 Å². The topological polar surface area (TPSA) is 104 Å². The summed E-state index contributed by atoms with van der Waals surface area (Å²) in [6.07, 6.45) is -0.515. The first kappa shape index (κ1) is 12.9. The van der Waals surface area contributed by atoms with E-state index in [1.807, 2.05) is 4.90 Å². The summed E-state index contributed by atoms with van der Waals surface area (Å²) in [5.41, 5.74) is 4.73. The molecule has 2 atom stereocenters. The zero-order valence-electron chi connectivity index (χ0n) is 9.35. The summed E-state index contributed by atoms with van der Waals surface area (Å²) in [6, 6.07) is 0. The number of hydrogen-bond donors (Lipinski definition) is 3. The number of amides is 1. The van der Waals surface area contributed by atoms with E-state index in [0.717, 1.165) is 0 Å². The number of carbonyl (C=O) groups is 2. The summed E-state index contributed by atoms with van der Waals surface area (Å²) in [7, 11) is 0. The first-order chi connectivity index (χ1) is 7.33. The van der Waals surface area contributed by atoms with Gasteiger partial charge in [0.2, 0.25) is 5.91 Å². The number of hydrogen-bond acceptors (Lipinski definition) is 4. The third-order valence-electron chi connectivity index (χ3n) is 3.03. The van der Waals surface area contributed by atoms with Crippen molar-refractivity contribution in [2.24, 2.45) is 11.1 Å². The summed E-state index contributed by atoms with van der Waals surface area (Å²) < 4.78 is 0. The highest BCUT2D eigenvalue weighted by atomic mass is 16.4. The maximum atomic E-state index is 11.2. The van der Waals surface area contributed by atoms with E-state index < -0.39 is 17.5 Å². The first-order valence-corrected chi connectivity index (χ1v) is 5.25. The van der Waals surface area contributed by atoms with E-state index in [0.29, 0.717) is 19.5 Å². The molecule has 0 aromatic rings. The fraction of sp³-hybridized carbons (Fsp3) is 0.800. The van der Waals surface area contributed by atoms with Crippen molar-refractivity contribution in [3.8, 4) is 0 Å². The molecule has 0 aromatic carbocycles. The number of carbonyl (C=O) groups excluding carboxylic acids is 1. The molecular weight excluding hydrogens is 212 g/mol. The van der Waals surface area contributed by atoms with Crippen molar-refractivity contribution in [1.82, 2.24) is 4.90 Å². The third-order valence-corrected chi connectivity index (χ3v) is 3.03. The van der Waals surface area contributed by atoms with Gasteiger partial charge in [0.15, 0.2) is 0 Å².